The maximum Gasteiger partial charge on any atom is 0.321 e. The maximum atomic E-state index is 12.6. The molecule has 1 fully saturated rings. The Morgan fingerprint density at radius 2 is 1.79 bits per heavy atom. The van der Waals surface area contributed by atoms with E-state index < -0.39 is 0 Å². The molecule has 0 unspecified atom stereocenters. The summed E-state index contributed by atoms with van der Waals surface area (Å²) in [6.07, 6.45) is 0.768. The van der Waals surface area contributed by atoms with Gasteiger partial charge in [0.2, 0.25) is 5.91 Å². The average Bonchev–Trinajstić information content (AvgIpc) is 2.93. The predicted molar refractivity (Wildman–Crippen MR) is 115 cm³/mol. The number of halogens is 1. The van der Waals surface area contributed by atoms with Gasteiger partial charge < -0.3 is 15.1 Å². The van der Waals surface area contributed by atoms with Crippen LogP contribution in [0.2, 0.25) is 5.02 Å². The van der Waals surface area contributed by atoms with Crippen LogP contribution in [0.15, 0.2) is 53.4 Å². The first-order chi connectivity index (χ1) is 13.5. The molecule has 1 heterocycles. The number of amides is 3. The van der Waals surface area contributed by atoms with E-state index in [1.807, 2.05) is 23.1 Å². The molecule has 148 valence electrons. The topological polar surface area (TPSA) is 52.7 Å². The Bertz CT molecular complexity index is 846. The van der Waals surface area contributed by atoms with Gasteiger partial charge in [-0.3, -0.25) is 4.79 Å². The number of hydrogen-bond donors (Lipinski definition) is 1. The van der Waals surface area contributed by atoms with Crippen molar-refractivity contribution in [3.05, 3.63) is 59.1 Å². The molecule has 1 N–H and O–H groups in total. The van der Waals surface area contributed by atoms with Gasteiger partial charge in [0.25, 0.3) is 0 Å². The van der Waals surface area contributed by atoms with Crippen molar-refractivity contribution in [2.24, 2.45) is 0 Å². The molecule has 3 rings (SSSR count). The molecule has 2 aromatic carbocycles. The monoisotopic (exact) mass is 417 g/mol. The maximum absolute atomic E-state index is 12.6. The van der Waals surface area contributed by atoms with E-state index in [1.165, 1.54) is 5.56 Å². The van der Waals surface area contributed by atoms with Crippen molar-refractivity contribution in [1.29, 1.82) is 0 Å². The normalized spacial score (nSPS) is 14.5. The largest absolute Gasteiger partial charge is 0.340 e. The number of nitrogens with one attached hydrogen (secondary N) is 1. The molecule has 5 nitrogen and oxygen atoms in total. The molecule has 28 heavy (non-hydrogen) atoms. The van der Waals surface area contributed by atoms with Crippen LogP contribution in [-0.4, -0.2) is 53.7 Å². The zero-order chi connectivity index (χ0) is 19.9. The zero-order valence-corrected chi connectivity index (χ0v) is 17.4. The first-order valence-electron chi connectivity index (χ1n) is 9.30. The minimum atomic E-state index is -0.161. The Morgan fingerprint density at radius 1 is 1.04 bits per heavy atom. The number of nitrogens with zero attached hydrogens (tertiary/aromatic N) is 2. The first kappa shape index (κ1) is 20.6. The van der Waals surface area contributed by atoms with E-state index in [9.17, 15) is 9.59 Å². The molecule has 1 aliphatic heterocycles. The molecule has 0 aliphatic carbocycles. The van der Waals surface area contributed by atoms with E-state index in [2.05, 4.69) is 18.3 Å². The Balaban J connectivity index is 1.50. The fraction of sp³-hybridized carbons (Fsp3) is 0.333. The number of aryl methyl sites for hydroxylation is 1. The smallest absolute Gasteiger partial charge is 0.321 e. The summed E-state index contributed by atoms with van der Waals surface area (Å²) in [5.74, 6) is 0.532. The molecule has 0 aromatic heterocycles. The number of thioether (sulfide) groups is 1. The molecule has 0 spiro atoms. The summed E-state index contributed by atoms with van der Waals surface area (Å²) in [6, 6.07) is 15.0. The first-order valence-corrected chi connectivity index (χ1v) is 10.7. The Kier molecular flexibility index (Phi) is 7.23. The van der Waals surface area contributed by atoms with E-state index in [0.29, 0.717) is 42.6 Å². The lowest BCUT2D eigenvalue weighted by Crippen LogP contribution is -2.39. The van der Waals surface area contributed by atoms with Gasteiger partial charge in [0.15, 0.2) is 0 Å². The van der Waals surface area contributed by atoms with Gasteiger partial charge in [-0.05, 0) is 43.2 Å². The summed E-state index contributed by atoms with van der Waals surface area (Å²) in [5, 5.41) is 3.45. The van der Waals surface area contributed by atoms with E-state index in [1.54, 1.807) is 40.9 Å². The molecule has 2 aromatic rings. The summed E-state index contributed by atoms with van der Waals surface area (Å²) in [7, 11) is 0. The number of hydrogen-bond acceptors (Lipinski definition) is 3. The van der Waals surface area contributed by atoms with Crippen LogP contribution in [0.5, 0.6) is 0 Å². The molecule has 3 amide bonds. The highest BCUT2D eigenvalue weighted by atomic mass is 35.5. The van der Waals surface area contributed by atoms with Gasteiger partial charge in [-0.2, -0.15) is 0 Å². The van der Waals surface area contributed by atoms with Crippen molar-refractivity contribution in [2.45, 2.75) is 18.2 Å². The molecule has 1 aliphatic rings. The lowest BCUT2D eigenvalue weighted by molar-refractivity contribution is -0.128. The summed E-state index contributed by atoms with van der Waals surface area (Å²) in [4.78, 5) is 29.9. The van der Waals surface area contributed by atoms with Gasteiger partial charge in [-0.1, -0.05) is 35.9 Å². The van der Waals surface area contributed by atoms with Crippen LogP contribution in [0, 0.1) is 6.92 Å². The van der Waals surface area contributed by atoms with E-state index in [4.69, 9.17) is 11.6 Å². The highest BCUT2D eigenvalue weighted by Gasteiger charge is 2.22. The van der Waals surface area contributed by atoms with Crippen LogP contribution in [0.3, 0.4) is 0 Å². The van der Waals surface area contributed by atoms with Crippen molar-refractivity contribution in [1.82, 2.24) is 9.80 Å². The Labute approximate surface area is 175 Å². The molecular formula is C21H24ClN3O2S. The predicted octanol–water partition coefficient (Wildman–Crippen LogP) is 4.51. The van der Waals surface area contributed by atoms with Gasteiger partial charge >= 0.3 is 6.03 Å². The third kappa shape index (κ3) is 5.66. The summed E-state index contributed by atoms with van der Waals surface area (Å²) < 4.78 is 0. The number of carbonyl (C=O) groups is 2. The highest BCUT2D eigenvalue weighted by molar-refractivity contribution is 8.00. The second kappa shape index (κ2) is 9.85. The third-order valence-electron chi connectivity index (χ3n) is 4.66. The average molecular weight is 418 g/mol. The number of benzene rings is 2. The fourth-order valence-corrected chi connectivity index (χ4v) is 4.21. The highest BCUT2D eigenvalue weighted by Crippen LogP contribution is 2.22. The van der Waals surface area contributed by atoms with Gasteiger partial charge in [-0.15, -0.1) is 11.8 Å². The summed E-state index contributed by atoms with van der Waals surface area (Å²) in [6.45, 7) is 4.42. The van der Waals surface area contributed by atoms with Gasteiger partial charge in [0.1, 0.15) is 0 Å². The lowest BCUT2D eigenvalue weighted by Gasteiger charge is -2.22. The molecule has 0 saturated carbocycles. The van der Waals surface area contributed by atoms with Crippen LogP contribution in [-0.2, 0) is 4.79 Å². The Hall–Kier alpha value is -2.18. The SMILES string of the molecule is Cc1ccccc1SCC(=O)N1CCCN(C(=O)Nc2cccc(Cl)c2)CC1. The van der Waals surface area contributed by atoms with Crippen molar-refractivity contribution < 1.29 is 9.59 Å². The van der Waals surface area contributed by atoms with Crippen molar-refractivity contribution in [2.75, 3.05) is 37.2 Å². The van der Waals surface area contributed by atoms with Crippen LogP contribution in [0.1, 0.15) is 12.0 Å². The molecule has 1 saturated heterocycles. The van der Waals surface area contributed by atoms with Gasteiger partial charge in [0.05, 0.1) is 5.75 Å². The number of urea groups is 1. The summed E-state index contributed by atoms with van der Waals surface area (Å²) >= 11 is 7.54. The van der Waals surface area contributed by atoms with Crippen molar-refractivity contribution >= 4 is 41.0 Å². The van der Waals surface area contributed by atoms with Crippen LogP contribution >= 0.6 is 23.4 Å². The van der Waals surface area contributed by atoms with Crippen LogP contribution in [0.25, 0.3) is 0 Å². The molecule has 7 heteroatoms. The van der Waals surface area contributed by atoms with Crippen LogP contribution in [0.4, 0.5) is 10.5 Å². The molecule has 0 bridgehead atoms. The third-order valence-corrected chi connectivity index (χ3v) is 6.05. The number of anilines is 1. The molecule has 0 atom stereocenters. The minimum Gasteiger partial charge on any atom is -0.340 e. The summed E-state index contributed by atoms with van der Waals surface area (Å²) in [5.41, 5.74) is 1.85. The molecule has 0 radical (unpaired) electrons. The van der Waals surface area contributed by atoms with E-state index >= 15 is 0 Å². The number of rotatable bonds is 4. The van der Waals surface area contributed by atoms with E-state index in [0.717, 1.165) is 11.3 Å². The Morgan fingerprint density at radius 3 is 2.57 bits per heavy atom. The second-order valence-electron chi connectivity index (χ2n) is 6.72. The van der Waals surface area contributed by atoms with Gasteiger partial charge in [-0.25, -0.2) is 4.79 Å². The number of carbonyl (C=O) groups excluding carboxylic acids is 2. The van der Waals surface area contributed by atoms with Crippen molar-refractivity contribution in [3.63, 3.8) is 0 Å². The standard InChI is InChI=1S/C21H24ClN3O2S/c1-16-6-2-3-9-19(16)28-15-20(26)24-10-5-11-25(13-12-24)21(27)23-18-8-4-7-17(22)14-18/h2-4,6-9,14H,5,10-13,15H2,1H3,(H,23,27). The second-order valence-corrected chi connectivity index (χ2v) is 8.17. The lowest BCUT2D eigenvalue weighted by atomic mass is 10.2. The van der Waals surface area contributed by atoms with Crippen LogP contribution < -0.4 is 5.32 Å². The quantitative estimate of drug-likeness (QED) is 0.745. The van der Waals surface area contributed by atoms with E-state index in [-0.39, 0.29) is 11.9 Å². The fourth-order valence-electron chi connectivity index (χ4n) is 3.09. The zero-order valence-electron chi connectivity index (χ0n) is 15.9. The molecular weight excluding hydrogens is 394 g/mol. The van der Waals surface area contributed by atoms with Crippen molar-refractivity contribution in [3.8, 4) is 0 Å². The minimum absolute atomic E-state index is 0.116. The van der Waals surface area contributed by atoms with Gasteiger partial charge in [0, 0.05) is 41.8 Å².